The first-order valence-electron chi connectivity index (χ1n) is 9.02. The number of amides is 2. The van der Waals surface area contributed by atoms with Crippen molar-refractivity contribution in [3.8, 4) is 0 Å². The van der Waals surface area contributed by atoms with E-state index in [9.17, 15) is 14.4 Å². The van der Waals surface area contributed by atoms with Gasteiger partial charge in [0.1, 0.15) is 0 Å². The molecule has 0 spiro atoms. The Morgan fingerprint density at radius 1 is 1.04 bits per heavy atom. The van der Waals surface area contributed by atoms with Gasteiger partial charge in [-0.2, -0.15) is 0 Å². The van der Waals surface area contributed by atoms with E-state index in [-0.39, 0.29) is 11.9 Å². The minimum atomic E-state index is -0.551. The summed E-state index contributed by atoms with van der Waals surface area (Å²) in [4.78, 5) is 36.1. The Morgan fingerprint density at radius 3 is 2.44 bits per heavy atom. The molecule has 6 nitrogen and oxygen atoms in total. The SMILES string of the molecule is CCc1ccc(C(=O)OCC(=O)Nc2cccc(C(=O)NC3CC3)c2)cc1. The maximum absolute atomic E-state index is 12.1. The van der Waals surface area contributed by atoms with Crippen molar-refractivity contribution < 1.29 is 19.1 Å². The van der Waals surface area contributed by atoms with E-state index < -0.39 is 18.5 Å². The number of carbonyl (C=O) groups excluding carboxylic acids is 3. The number of nitrogens with one attached hydrogen (secondary N) is 2. The van der Waals surface area contributed by atoms with Crippen LogP contribution in [0.4, 0.5) is 5.69 Å². The maximum Gasteiger partial charge on any atom is 0.338 e. The minimum absolute atomic E-state index is 0.157. The molecular formula is C21H22N2O4. The van der Waals surface area contributed by atoms with E-state index in [1.54, 1.807) is 36.4 Å². The zero-order chi connectivity index (χ0) is 19.2. The number of esters is 1. The third-order valence-electron chi connectivity index (χ3n) is 4.25. The van der Waals surface area contributed by atoms with E-state index in [2.05, 4.69) is 10.6 Å². The molecule has 0 radical (unpaired) electrons. The van der Waals surface area contributed by atoms with E-state index >= 15 is 0 Å². The summed E-state index contributed by atoms with van der Waals surface area (Å²) < 4.78 is 5.04. The first kappa shape index (κ1) is 18.6. The Bertz CT molecular complexity index is 842. The molecule has 0 aromatic heterocycles. The third kappa shape index (κ3) is 5.41. The van der Waals surface area contributed by atoms with Crippen LogP contribution in [0.3, 0.4) is 0 Å². The first-order chi connectivity index (χ1) is 13.0. The summed E-state index contributed by atoms with van der Waals surface area (Å²) in [5, 5.41) is 5.53. The lowest BCUT2D eigenvalue weighted by molar-refractivity contribution is -0.119. The standard InChI is InChI=1S/C21H22N2O4/c1-2-14-6-8-15(9-7-14)21(26)27-13-19(24)22-18-5-3-4-16(12-18)20(25)23-17-10-11-17/h3-9,12,17H,2,10-11,13H2,1H3,(H,22,24)(H,23,25). The Kier molecular flexibility index (Phi) is 5.86. The highest BCUT2D eigenvalue weighted by atomic mass is 16.5. The maximum atomic E-state index is 12.1. The van der Waals surface area contributed by atoms with Gasteiger partial charge in [-0.25, -0.2) is 4.79 Å². The number of aryl methyl sites for hydroxylation is 1. The normalized spacial score (nSPS) is 12.9. The van der Waals surface area contributed by atoms with Gasteiger partial charge in [-0.3, -0.25) is 9.59 Å². The van der Waals surface area contributed by atoms with Gasteiger partial charge in [-0.05, 0) is 55.2 Å². The van der Waals surface area contributed by atoms with Crippen molar-refractivity contribution >= 4 is 23.5 Å². The number of carbonyl (C=O) groups is 3. The topological polar surface area (TPSA) is 84.5 Å². The predicted molar refractivity (Wildman–Crippen MR) is 102 cm³/mol. The molecule has 1 aliphatic rings. The fourth-order valence-electron chi connectivity index (χ4n) is 2.52. The molecule has 0 heterocycles. The zero-order valence-corrected chi connectivity index (χ0v) is 15.2. The Hall–Kier alpha value is -3.15. The average Bonchev–Trinajstić information content (AvgIpc) is 3.50. The monoisotopic (exact) mass is 366 g/mol. The van der Waals surface area contributed by atoms with Crippen molar-refractivity contribution in [1.29, 1.82) is 0 Å². The summed E-state index contributed by atoms with van der Waals surface area (Å²) in [6, 6.07) is 14.0. The molecular weight excluding hydrogens is 344 g/mol. The number of anilines is 1. The fourth-order valence-corrected chi connectivity index (χ4v) is 2.52. The van der Waals surface area contributed by atoms with Crippen LogP contribution in [0, 0.1) is 0 Å². The molecule has 27 heavy (non-hydrogen) atoms. The predicted octanol–water partition coefficient (Wildman–Crippen LogP) is 2.94. The molecule has 2 amide bonds. The second kappa shape index (κ2) is 8.49. The molecule has 2 aromatic carbocycles. The van der Waals surface area contributed by atoms with Crippen LogP contribution in [0.1, 0.15) is 46.0 Å². The lowest BCUT2D eigenvalue weighted by atomic mass is 10.1. The van der Waals surface area contributed by atoms with Crippen molar-refractivity contribution in [3.05, 3.63) is 65.2 Å². The largest absolute Gasteiger partial charge is 0.452 e. The van der Waals surface area contributed by atoms with Crippen LogP contribution in [0.2, 0.25) is 0 Å². The van der Waals surface area contributed by atoms with Gasteiger partial charge in [0, 0.05) is 17.3 Å². The number of hydrogen-bond donors (Lipinski definition) is 2. The van der Waals surface area contributed by atoms with E-state index in [1.165, 1.54) is 0 Å². The van der Waals surface area contributed by atoms with E-state index in [1.807, 2.05) is 19.1 Å². The summed E-state index contributed by atoms with van der Waals surface area (Å²) in [6.07, 6.45) is 2.90. The summed E-state index contributed by atoms with van der Waals surface area (Å²) in [6.45, 7) is 1.63. The molecule has 0 unspecified atom stereocenters. The summed E-state index contributed by atoms with van der Waals surface area (Å²) in [5.41, 5.74) is 2.48. The van der Waals surface area contributed by atoms with Gasteiger partial charge in [0.2, 0.25) is 0 Å². The van der Waals surface area contributed by atoms with Crippen molar-refractivity contribution in [3.63, 3.8) is 0 Å². The van der Waals surface area contributed by atoms with Crippen LogP contribution in [0.25, 0.3) is 0 Å². The van der Waals surface area contributed by atoms with Gasteiger partial charge in [-0.15, -0.1) is 0 Å². The number of rotatable bonds is 7. The summed E-state index contributed by atoms with van der Waals surface area (Å²) in [7, 11) is 0. The van der Waals surface area contributed by atoms with Gasteiger partial charge in [0.15, 0.2) is 6.61 Å². The molecule has 6 heteroatoms. The average molecular weight is 366 g/mol. The molecule has 140 valence electrons. The van der Waals surface area contributed by atoms with Crippen LogP contribution in [0.15, 0.2) is 48.5 Å². The highest BCUT2D eigenvalue weighted by Gasteiger charge is 2.23. The summed E-state index contributed by atoms with van der Waals surface area (Å²) >= 11 is 0. The molecule has 0 atom stereocenters. The fraction of sp³-hybridized carbons (Fsp3) is 0.286. The number of benzene rings is 2. The third-order valence-corrected chi connectivity index (χ3v) is 4.25. The quantitative estimate of drug-likeness (QED) is 0.738. The van der Waals surface area contributed by atoms with Crippen molar-refractivity contribution in [1.82, 2.24) is 5.32 Å². The van der Waals surface area contributed by atoms with Gasteiger partial charge < -0.3 is 15.4 Å². The van der Waals surface area contributed by atoms with Crippen LogP contribution >= 0.6 is 0 Å². The van der Waals surface area contributed by atoms with Gasteiger partial charge >= 0.3 is 5.97 Å². The van der Waals surface area contributed by atoms with Crippen LogP contribution in [-0.4, -0.2) is 30.4 Å². The van der Waals surface area contributed by atoms with E-state index in [4.69, 9.17) is 4.74 Å². The molecule has 1 aliphatic carbocycles. The molecule has 3 rings (SSSR count). The van der Waals surface area contributed by atoms with Crippen LogP contribution in [-0.2, 0) is 16.0 Å². The minimum Gasteiger partial charge on any atom is -0.452 e. The first-order valence-corrected chi connectivity index (χ1v) is 9.02. The van der Waals surface area contributed by atoms with Gasteiger partial charge in [-0.1, -0.05) is 25.1 Å². The Balaban J connectivity index is 1.51. The molecule has 1 fully saturated rings. The lowest BCUT2D eigenvalue weighted by Crippen LogP contribution is -2.25. The number of hydrogen-bond acceptors (Lipinski definition) is 4. The Labute approximate surface area is 157 Å². The van der Waals surface area contributed by atoms with Gasteiger partial charge in [0.25, 0.3) is 11.8 Å². The highest BCUT2D eigenvalue weighted by Crippen LogP contribution is 2.20. The van der Waals surface area contributed by atoms with Crippen LogP contribution < -0.4 is 10.6 Å². The van der Waals surface area contributed by atoms with Crippen molar-refractivity contribution in [2.75, 3.05) is 11.9 Å². The molecule has 0 bridgehead atoms. The zero-order valence-electron chi connectivity index (χ0n) is 15.2. The molecule has 0 saturated heterocycles. The second-order valence-electron chi connectivity index (χ2n) is 6.50. The highest BCUT2D eigenvalue weighted by molar-refractivity contribution is 5.98. The van der Waals surface area contributed by atoms with E-state index in [0.717, 1.165) is 24.8 Å². The van der Waals surface area contributed by atoms with Crippen molar-refractivity contribution in [2.45, 2.75) is 32.2 Å². The smallest absolute Gasteiger partial charge is 0.338 e. The molecule has 1 saturated carbocycles. The van der Waals surface area contributed by atoms with Gasteiger partial charge in [0.05, 0.1) is 5.56 Å². The summed E-state index contributed by atoms with van der Waals surface area (Å²) in [5.74, 6) is -1.17. The number of ether oxygens (including phenoxy) is 1. The molecule has 2 aromatic rings. The van der Waals surface area contributed by atoms with Crippen LogP contribution in [0.5, 0.6) is 0 Å². The molecule has 2 N–H and O–H groups in total. The Morgan fingerprint density at radius 2 is 1.78 bits per heavy atom. The lowest BCUT2D eigenvalue weighted by Gasteiger charge is -2.09. The van der Waals surface area contributed by atoms with Crippen molar-refractivity contribution in [2.24, 2.45) is 0 Å². The van der Waals surface area contributed by atoms with E-state index in [0.29, 0.717) is 16.8 Å². The second-order valence-corrected chi connectivity index (χ2v) is 6.50. The molecule has 0 aliphatic heterocycles.